The molecule has 2 heterocycles. The standard InChI is InChI=1S/C12H15N3O5/c16-7-8-2-1-3-14(6-8)11-4-9(12(17)18)10(5-13-11)15(19)20/h4-5,8,16H,1-3,6-7H2,(H,17,18). The van der Waals surface area contributed by atoms with Crippen LogP contribution in [0.1, 0.15) is 23.2 Å². The van der Waals surface area contributed by atoms with E-state index in [-0.39, 0.29) is 18.1 Å². The van der Waals surface area contributed by atoms with Crippen LogP contribution in [0.3, 0.4) is 0 Å². The van der Waals surface area contributed by atoms with E-state index in [4.69, 9.17) is 5.11 Å². The second-order valence-corrected chi connectivity index (χ2v) is 4.76. The van der Waals surface area contributed by atoms with Gasteiger partial charge in [-0.15, -0.1) is 0 Å². The highest BCUT2D eigenvalue weighted by Crippen LogP contribution is 2.26. The lowest BCUT2D eigenvalue weighted by molar-refractivity contribution is -0.385. The third-order valence-electron chi connectivity index (χ3n) is 3.40. The zero-order valence-electron chi connectivity index (χ0n) is 10.7. The molecule has 0 aromatic carbocycles. The lowest BCUT2D eigenvalue weighted by atomic mass is 9.99. The molecule has 0 spiro atoms. The quantitative estimate of drug-likeness (QED) is 0.621. The number of carbonyl (C=O) groups is 1. The number of aromatic nitrogens is 1. The van der Waals surface area contributed by atoms with Crippen LogP contribution >= 0.6 is 0 Å². The minimum Gasteiger partial charge on any atom is -0.477 e. The first kappa shape index (κ1) is 14.2. The summed E-state index contributed by atoms with van der Waals surface area (Å²) in [6, 6.07) is 1.22. The highest BCUT2D eigenvalue weighted by atomic mass is 16.6. The topological polar surface area (TPSA) is 117 Å². The molecule has 1 aliphatic heterocycles. The summed E-state index contributed by atoms with van der Waals surface area (Å²) in [6.45, 7) is 1.33. The van der Waals surface area contributed by atoms with Gasteiger partial charge in [0.1, 0.15) is 17.6 Å². The van der Waals surface area contributed by atoms with E-state index in [0.29, 0.717) is 18.9 Å². The molecule has 0 radical (unpaired) electrons. The van der Waals surface area contributed by atoms with Crippen LogP contribution < -0.4 is 4.90 Å². The zero-order valence-corrected chi connectivity index (χ0v) is 10.7. The van der Waals surface area contributed by atoms with Crippen molar-refractivity contribution in [1.29, 1.82) is 0 Å². The maximum Gasteiger partial charge on any atom is 0.342 e. The number of nitrogens with zero attached hydrogens (tertiary/aromatic N) is 3. The molecule has 20 heavy (non-hydrogen) atoms. The first-order valence-corrected chi connectivity index (χ1v) is 6.26. The van der Waals surface area contributed by atoms with Crippen LogP contribution in [-0.2, 0) is 0 Å². The number of rotatable bonds is 4. The normalized spacial score (nSPS) is 18.9. The fraction of sp³-hybridized carbons (Fsp3) is 0.500. The van der Waals surface area contributed by atoms with Crippen LogP contribution in [0.15, 0.2) is 12.3 Å². The Balaban J connectivity index is 2.31. The summed E-state index contributed by atoms with van der Waals surface area (Å²) in [5, 5.41) is 29.0. The predicted octanol–water partition coefficient (Wildman–Crippen LogP) is 0.897. The van der Waals surface area contributed by atoms with Gasteiger partial charge >= 0.3 is 11.7 Å². The molecule has 1 aromatic rings. The molecule has 1 fully saturated rings. The molecule has 0 aliphatic carbocycles. The summed E-state index contributed by atoms with van der Waals surface area (Å²) in [6.07, 6.45) is 2.75. The highest BCUT2D eigenvalue weighted by molar-refractivity contribution is 5.93. The number of carboxylic acids is 1. The summed E-state index contributed by atoms with van der Waals surface area (Å²) in [4.78, 5) is 26.9. The number of aliphatic hydroxyl groups is 1. The van der Waals surface area contributed by atoms with Gasteiger partial charge < -0.3 is 15.1 Å². The van der Waals surface area contributed by atoms with E-state index in [0.717, 1.165) is 19.0 Å². The molecule has 1 saturated heterocycles. The molecule has 1 aliphatic rings. The number of hydrogen-bond donors (Lipinski definition) is 2. The smallest absolute Gasteiger partial charge is 0.342 e. The number of aromatic carboxylic acids is 1. The maximum absolute atomic E-state index is 11.1. The van der Waals surface area contributed by atoms with Crippen LogP contribution in [0, 0.1) is 16.0 Å². The van der Waals surface area contributed by atoms with Crippen molar-refractivity contribution < 1.29 is 19.9 Å². The number of nitro groups is 1. The number of piperidine rings is 1. The minimum absolute atomic E-state index is 0.0648. The summed E-state index contributed by atoms with van der Waals surface area (Å²) in [5.41, 5.74) is -0.886. The van der Waals surface area contributed by atoms with Gasteiger partial charge in [-0.25, -0.2) is 9.78 Å². The summed E-state index contributed by atoms with van der Waals surface area (Å²) >= 11 is 0. The molecule has 1 aromatic heterocycles. The molecular formula is C12H15N3O5. The number of aliphatic hydroxyl groups excluding tert-OH is 1. The lowest BCUT2D eigenvalue weighted by Gasteiger charge is -2.32. The molecule has 2 rings (SSSR count). The van der Waals surface area contributed by atoms with Crippen LogP contribution in [0.4, 0.5) is 11.5 Å². The van der Waals surface area contributed by atoms with Gasteiger partial charge in [0, 0.05) is 25.8 Å². The van der Waals surface area contributed by atoms with Crippen molar-refractivity contribution >= 4 is 17.5 Å². The molecule has 0 amide bonds. The van der Waals surface area contributed by atoms with Gasteiger partial charge in [0.2, 0.25) is 0 Å². The number of hydrogen-bond acceptors (Lipinski definition) is 6. The van der Waals surface area contributed by atoms with Gasteiger partial charge in [-0.1, -0.05) is 0 Å². The molecule has 0 saturated carbocycles. The summed E-state index contributed by atoms with van der Waals surface area (Å²) in [7, 11) is 0. The predicted molar refractivity (Wildman–Crippen MR) is 69.9 cm³/mol. The average molecular weight is 281 g/mol. The molecule has 0 bridgehead atoms. The Morgan fingerprint density at radius 2 is 2.35 bits per heavy atom. The fourth-order valence-electron chi connectivity index (χ4n) is 2.35. The van der Waals surface area contributed by atoms with E-state index in [1.165, 1.54) is 6.07 Å². The zero-order chi connectivity index (χ0) is 14.7. The van der Waals surface area contributed by atoms with E-state index in [1.807, 2.05) is 4.90 Å². The van der Waals surface area contributed by atoms with Crippen molar-refractivity contribution in [1.82, 2.24) is 4.98 Å². The first-order chi connectivity index (χ1) is 9.52. The van der Waals surface area contributed by atoms with Gasteiger partial charge in [-0.2, -0.15) is 0 Å². The number of carboxylic acid groups (broad SMARTS) is 1. The number of pyridine rings is 1. The van der Waals surface area contributed by atoms with Crippen LogP contribution in [0.2, 0.25) is 0 Å². The van der Waals surface area contributed by atoms with Crippen molar-refractivity contribution in [2.75, 3.05) is 24.6 Å². The summed E-state index contributed by atoms with van der Waals surface area (Å²) < 4.78 is 0. The average Bonchev–Trinajstić information content (AvgIpc) is 2.46. The van der Waals surface area contributed by atoms with Crippen molar-refractivity contribution in [2.45, 2.75) is 12.8 Å². The van der Waals surface area contributed by atoms with E-state index < -0.39 is 16.6 Å². The molecule has 8 heteroatoms. The first-order valence-electron chi connectivity index (χ1n) is 6.26. The Morgan fingerprint density at radius 3 is 2.95 bits per heavy atom. The van der Waals surface area contributed by atoms with Gasteiger partial charge in [-0.05, 0) is 18.8 Å². The van der Waals surface area contributed by atoms with Gasteiger partial charge in [-0.3, -0.25) is 10.1 Å². The molecule has 108 valence electrons. The van der Waals surface area contributed by atoms with E-state index in [9.17, 15) is 20.0 Å². The molecular weight excluding hydrogens is 266 g/mol. The van der Waals surface area contributed by atoms with Crippen LogP contribution in [0.25, 0.3) is 0 Å². The van der Waals surface area contributed by atoms with Gasteiger partial charge in [0.25, 0.3) is 0 Å². The summed E-state index contributed by atoms with van der Waals surface area (Å²) in [5.74, 6) is -0.837. The Bertz CT molecular complexity index is 534. The second kappa shape index (κ2) is 5.83. The van der Waals surface area contributed by atoms with Crippen LogP contribution in [0.5, 0.6) is 0 Å². The molecule has 1 unspecified atom stereocenters. The maximum atomic E-state index is 11.1. The largest absolute Gasteiger partial charge is 0.477 e. The van der Waals surface area contributed by atoms with E-state index >= 15 is 0 Å². The van der Waals surface area contributed by atoms with Crippen molar-refractivity contribution in [3.8, 4) is 0 Å². The third-order valence-corrected chi connectivity index (χ3v) is 3.40. The third kappa shape index (κ3) is 2.85. The SMILES string of the molecule is O=C(O)c1cc(N2CCCC(CO)C2)ncc1[N+](=O)[O-]. The Morgan fingerprint density at radius 1 is 1.60 bits per heavy atom. The highest BCUT2D eigenvalue weighted by Gasteiger charge is 2.25. The van der Waals surface area contributed by atoms with Gasteiger partial charge in [0.15, 0.2) is 0 Å². The monoisotopic (exact) mass is 281 g/mol. The van der Waals surface area contributed by atoms with E-state index in [2.05, 4.69) is 4.98 Å². The van der Waals surface area contributed by atoms with E-state index in [1.54, 1.807) is 0 Å². The van der Waals surface area contributed by atoms with Gasteiger partial charge in [0.05, 0.1) is 4.92 Å². The minimum atomic E-state index is -1.35. The van der Waals surface area contributed by atoms with Crippen molar-refractivity contribution in [2.24, 2.45) is 5.92 Å². The Kier molecular flexibility index (Phi) is 4.14. The Hall–Kier alpha value is -2.22. The lowest BCUT2D eigenvalue weighted by Crippen LogP contribution is -2.37. The molecule has 2 N–H and O–H groups in total. The molecule has 1 atom stereocenters. The van der Waals surface area contributed by atoms with Crippen molar-refractivity contribution in [3.63, 3.8) is 0 Å². The fourth-order valence-corrected chi connectivity index (χ4v) is 2.35. The Labute approximate surface area is 114 Å². The van der Waals surface area contributed by atoms with Crippen molar-refractivity contribution in [3.05, 3.63) is 27.9 Å². The number of anilines is 1. The molecule has 8 nitrogen and oxygen atoms in total. The second-order valence-electron chi connectivity index (χ2n) is 4.76. The van der Waals surface area contributed by atoms with Crippen LogP contribution in [-0.4, -0.2) is 45.8 Å².